The Morgan fingerprint density at radius 2 is 1.13 bits per heavy atom. The minimum absolute atomic E-state index is 0.296. The highest BCUT2D eigenvalue weighted by atomic mass is 16.9. The molecule has 31 heavy (non-hydrogen) atoms. The Labute approximate surface area is 181 Å². The third kappa shape index (κ3) is 5.11. The topological polar surface area (TPSA) is 83.1 Å². The maximum absolute atomic E-state index is 6.30. The molecule has 172 valence electrons. The first-order valence-electron chi connectivity index (χ1n) is 11.0. The van der Waals surface area contributed by atoms with E-state index in [4.69, 9.17) is 42.6 Å². The zero-order chi connectivity index (χ0) is 20.9. The molecule has 0 radical (unpaired) electrons. The minimum Gasteiger partial charge on any atom is -0.377 e. The Balaban J connectivity index is 1.29. The molecular weight excluding hydrogens is 408 g/mol. The molecule has 6 bridgehead atoms. The van der Waals surface area contributed by atoms with Crippen molar-refractivity contribution in [3.8, 4) is 0 Å². The van der Waals surface area contributed by atoms with E-state index in [0.29, 0.717) is 59.5 Å². The molecular formula is C22H30O9. The fourth-order valence-electron chi connectivity index (χ4n) is 4.43. The summed E-state index contributed by atoms with van der Waals surface area (Å²) in [6.07, 6.45) is -1.91. The van der Waals surface area contributed by atoms with Crippen molar-refractivity contribution in [1.29, 1.82) is 0 Å². The second-order valence-electron chi connectivity index (χ2n) is 7.86. The molecule has 0 amide bonds. The molecule has 1 saturated carbocycles. The Bertz CT molecular complexity index is 642. The van der Waals surface area contributed by atoms with Crippen LogP contribution in [-0.2, 0) is 49.2 Å². The number of rotatable bonds is 3. The molecule has 4 heterocycles. The van der Waals surface area contributed by atoms with E-state index in [2.05, 4.69) is 0 Å². The van der Waals surface area contributed by atoms with Crippen molar-refractivity contribution in [2.24, 2.45) is 0 Å². The molecule has 0 N–H and O–H groups in total. The van der Waals surface area contributed by atoms with E-state index in [1.54, 1.807) is 0 Å². The molecule has 5 aliphatic rings. The summed E-state index contributed by atoms with van der Waals surface area (Å²) in [6, 6.07) is 10.0. The summed E-state index contributed by atoms with van der Waals surface area (Å²) in [6.45, 7) is 3.57. The molecule has 1 aliphatic carbocycles. The molecule has 4 aliphatic heterocycles. The molecule has 9 nitrogen and oxygen atoms in total. The lowest BCUT2D eigenvalue weighted by atomic mass is 9.82. The smallest absolute Gasteiger partial charge is 0.272 e. The third-order valence-electron chi connectivity index (χ3n) is 5.85. The van der Waals surface area contributed by atoms with Crippen molar-refractivity contribution in [1.82, 2.24) is 0 Å². The lowest BCUT2D eigenvalue weighted by Gasteiger charge is -2.58. The number of ether oxygens (including phenoxy) is 9. The van der Waals surface area contributed by atoms with Crippen LogP contribution in [0.15, 0.2) is 30.3 Å². The van der Waals surface area contributed by atoms with E-state index in [1.165, 1.54) is 0 Å². The molecule has 0 aromatic heterocycles. The number of benzene rings is 1. The highest BCUT2D eigenvalue weighted by molar-refractivity contribution is 5.14. The Hall–Kier alpha value is -1.14. The van der Waals surface area contributed by atoms with Gasteiger partial charge in [0.15, 0.2) is 0 Å². The van der Waals surface area contributed by atoms with E-state index in [1.807, 2.05) is 30.3 Å². The van der Waals surface area contributed by atoms with Gasteiger partial charge in [-0.15, -0.1) is 0 Å². The van der Waals surface area contributed by atoms with Crippen LogP contribution in [0.3, 0.4) is 0 Å². The maximum Gasteiger partial charge on any atom is 0.272 e. The standard InChI is InChI=1S/C22H30O9/c1-2-4-15(5-3-1)14-28-18-20-16-19-17(21(18)31-22(29-19)30-20)27-13-11-25-9-7-23-6-8-24-10-12-26-16/h1-5,16-22H,6-14H2/t16-,17+,18?,19?,20+,21-,22?. The second-order valence-corrected chi connectivity index (χ2v) is 7.86. The predicted octanol–water partition coefficient (Wildman–Crippen LogP) is 0.886. The molecule has 0 spiro atoms. The number of hydrogen-bond acceptors (Lipinski definition) is 9. The van der Waals surface area contributed by atoms with Crippen molar-refractivity contribution >= 4 is 0 Å². The summed E-state index contributed by atoms with van der Waals surface area (Å²) in [5.74, 6) is 0. The average Bonchev–Trinajstić information content (AvgIpc) is 2.79. The normalized spacial score (nSPS) is 39.4. The van der Waals surface area contributed by atoms with Gasteiger partial charge in [0.2, 0.25) is 0 Å². The van der Waals surface area contributed by atoms with Crippen LogP contribution in [-0.4, -0.2) is 96.0 Å². The molecule has 5 fully saturated rings. The van der Waals surface area contributed by atoms with Gasteiger partial charge in [0, 0.05) is 0 Å². The van der Waals surface area contributed by atoms with Gasteiger partial charge < -0.3 is 42.6 Å². The molecule has 9 heteroatoms. The summed E-state index contributed by atoms with van der Waals surface area (Å²) in [7, 11) is 0. The molecule has 6 rings (SSSR count). The van der Waals surface area contributed by atoms with E-state index in [0.717, 1.165) is 5.56 Å². The molecule has 1 aromatic carbocycles. The summed E-state index contributed by atoms with van der Waals surface area (Å²) >= 11 is 0. The van der Waals surface area contributed by atoms with Crippen molar-refractivity contribution in [3.05, 3.63) is 35.9 Å². The maximum atomic E-state index is 6.30. The first kappa shape index (κ1) is 21.7. The van der Waals surface area contributed by atoms with Crippen LogP contribution >= 0.6 is 0 Å². The third-order valence-corrected chi connectivity index (χ3v) is 5.85. The highest BCUT2D eigenvalue weighted by Crippen LogP contribution is 2.43. The van der Waals surface area contributed by atoms with Gasteiger partial charge in [-0.05, 0) is 5.56 Å². The minimum atomic E-state index is -0.716. The number of hydrogen-bond donors (Lipinski definition) is 0. The van der Waals surface area contributed by atoms with Gasteiger partial charge in [-0.3, -0.25) is 0 Å². The summed E-state index contributed by atoms with van der Waals surface area (Å²) in [5, 5.41) is 0. The second kappa shape index (κ2) is 10.7. The Morgan fingerprint density at radius 1 is 0.613 bits per heavy atom. The van der Waals surface area contributed by atoms with Crippen LogP contribution in [0.1, 0.15) is 5.56 Å². The van der Waals surface area contributed by atoms with Gasteiger partial charge >= 0.3 is 0 Å². The summed E-state index contributed by atoms with van der Waals surface area (Å²) < 4.78 is 53.2. The Morgan fingerprint density at radius 3 is 1.71 bits per heavy atom. The monoisotopic (exact) mass is 438 g/mol. The van der Waals surface area contributed by atoms with Crippen LogP contribution in [0.4, 0.5) is 0 Å². The van der Waals surface area contributed by atoms with Gasteiger partial charge in [-0.2, -0.15) is 0 Å². The quantitative estimate of drug-likeness (QED) is 0.683. The first-order chi connectivity index (χ1) is 15.4. The highest BCUT2D eigenvalue weighted by Gasteiger charge is 2.63. The Kier molecular flexibility index (Phi) is 7.45. The van der Waals surface area contributed by atoms with E-state index in [9.17, 15) is 0 Å². The van der Waals surface area contributed by atoms with E-state index >= 15 is 0 Å². The van der Waals surface area contributed by atoms with Gasteiger partial charge in [0.05, 0.1) is 59.5 Å². The van der Waals surface area contributed by atoms with E-state index in [-0.39, 0.29) is 36.6 Å². The van der Waals surface area contributed by atoms with Crippen molar-refractivity contribution in [2.75, 3.05) is 52.9 Å². The fourth-order valence-corrected chi connectivity index (χ4v) is 4.43. The molecule has 4 saturated heterocycles. The van der Waals surface area contributed by atoms with Crippen molar-refractivity contribution in [3.63, 3.8) is 0 Å². The van der Waals surface area contributed by atoms with Gasteiger partial charge in [0.1, 0.15) is 36.6 Å². The van der Waals surface area contributed by atoms with Crippen LogP contribution in [0.2, 0.25) is 0 Å². The fraction of sp³-hybridized carbons (Fsp3) is 0.727. The average molecular weight is 438 g/mol. The zero-order valence-electron chi connectivity index (χ0n) is 17.5. The van der Waals surface area contributed by atoms with Gasteiger partial charge in [0.25, 0.3) is 6.48 Å². The zero-order valence-corrected chi connectivity index (χ0v) is 17.5. The molecule has 7 atom stereocenters. The summed E-state index contributed by atoms with van der Waals surface area (Å²) in [4.78, 5) is 0. The first-order valence-corrected chi connectivity index (χ1v) is 11.0. The van der Waals surface area contributed by atoms with Crippen molar-refractivity contribution in [2.45, 2.75) is 49.7 Å². The lowest BCUT2D eigenvalue weighted by molar-refractivity contribution is -0.489. The molecule has 3 unspecified atom stereocenters. The van der Waals surface area contributed by atoms with Crippen LogP contribution < -0.4 is 0 Å². The van der Waals surface area contributed by atoms with Gasteiger partial charge in [-0.25, -0.2) is 0 Å². The van der Waals surface area contributed by atoms with Crippen molar-refractivity contribution < 1.29 is 42.6 Å². The lowest BCUT2D eigenvalue weighted by Crippen LogP contribution is -2.76. The predicted molar refractivity (Wildman–Crippen MR) is 105 cm³/mol. The van der Waals surface area contributed by atoms with Crippen LogP contribution in [0, 0.1) is 0 Å². The largest absolute Gasteiger partial charge is 0.377 e. The van der Waals surface area contributed by atoms with Crippen LogP contribution in [0.5, 0.6) is 0 Å². The van der Waals surface area contributed by atoms with Gasteiger partial charge in [-0.1, -0.05) is 30.3 Å². The molecule has 1 aromatic rings. The van der Waals surface area contributed by atoms with E-state index < -0.39 is 6.48 Å². The summed E-state index contributed by atoms with van der Waals surface area (Å²) in [5.41, 5.74) is 1.08. The van der Waals surface area contributed by atoms with Crippen LogP contribution in [0.25, 0.3) is 0 Å². The SMILES string of the molecule is c1ccc(COC2[C@H]3OC4OC5[C@H]3OCCOCCOCCOCCO[C@@H]5[C@H]2O4)cc1.